The summed E-state index contributed by atoms with van der Waals surface area (Å²) in [6.07, 6.45) is 4.46. The molecule has 0 aliphatic carbocycles. The van der Waals surface area contributed by atoms with Crippen LogP contribution in [0.2, 0.25) is 0 Å². The van der Waals surface area contributed by atoms with Crippen molar-refractivity contribution in [1.82, 2.24) is 4.90 Å². The first kappa shape index (κ1) is 18.6. The predicted molar refractivity (Wildman–Crippen MR) is 96.7 cm³/mol. The van der Waals surface area contributed by atoms with Gasteiger partial charge in [-0.3, -0.25) is 4.79 Å². The summed E-state index contributed by atoms with van der Waals surface area (Å²) in [4.78, 5) is 14.5. The van der Waals surface area contributed by atoms with Crippen LogP contribution in [0.4, 0.5) is 0 Å². The Morgan fingerprint density at radius 1 is 1.12 bits per heavy atom. The van der Waals surface area contributed by atoms with Crippen LogP contribution in [-0.4, -0.2) is 37.1 Å². The van der Waals surface area contributed by atoms with Crippen LogP contribution < -0.4 is 9.47 Å². The summed E-state index contributed by atoms with van der Waals surface area (Å²) in [5.41, 5.74) is 1.13. The van der Waals surface area contributed by atoms with Gasteiger partial charge in [0.15, 0.2) is 11.5 Å². The topological polar surface area (TPSA) is 38.8 Å². The first-order valence-corrected chi connectivity index (χ1v) is 9.34. The van der Waals surface area contributed by atoms with Crippen LogP contribution in [0.3, 0.4) is 0 Å². The Hall–Kier alpha value is -1.71. The number of nitrogens with zero attached hydrogens (tertiary/aromatic N) is 1. The van der Waals surface area contributed by atoms with Gasteiger partial charge < -0.3 is 14.4 Å². The molecule has 0 N–H and O–H groups in total. The lowest BCUT2D eigenvalue weighted by molar-refractivity contribution is -0.131. The van der Waals surface area contributed by atoms with Gasteiger partial charge in [0.1, 0.15) is 0 Å². The highest BCUT2D eigenvalue weighted by atomic mass is 16.5. The van der Waals surface area contributed by atoms with E-state index in [0.29, 0.717) is 25.6 Å². The van der Waals surface area contributed by atoms with Crippen molar-refractivity contribution in [2.45, 2.75) is 52.9 Å². The lowest BCUT2D eigenvalue weighted by Gasteiger charge is -2.25. The number of rotatable bonds is 8. The monoisotopic (exact) mass is 333 g/mol. The molecular weight excluding hydrogens is 302 g/mol. The van der Waals surface area contributed by atoms with E-state index in [0.717, 1.165) is 55.8 Å². The molecule has 1 aromatic carbocycles. The number of aryl methyl sites for hydroxylation is 1. The Morgan fingerprint density at radius 2 is 1.83 bits per heavy atom. The average molecular weight is 333 g/mol. The van der Waals surface area contributed by atoms with Gasteiger partial charge in [-0.15, -0.1) is 0 Å². The lowest BCUT2D eigenvalue weighted by atomic mass is 10.0. The third kappa shape index (κ3) is 5.15. The molecule has 1 aliphatic heterocycles. The molecule has 0 unspecified atom stereocenters. The van der Waals surface area contributed by atoms with E-state index in [1.807, 2.05) is 23.1 Å². The van der Waals surface area contributed by atoms with E-state index in [4.69, 9.17) is 9.47 Å². The average Bonchev–Trinajstić information content (AvgIpc) is 2.85. The minimum Gasteiger partial charge on any atom is -0.490 e. The number of carbonyl (C=O) groups excluding carboxylic acids is 1. The van der Waals surface area contributed by atoms with Crippen molar-refractivity contribution in [1.29, 1.82) is 0 Å². The van der Waals surface area contributed by atoms with Crippen LogP contribution >= 0.6 is 0 Å². The zero-order valence-corrected chi connectivity index (χ0v) is 15.3. The smallest absolute Gasteiger partial charge is 0.222 e. The quantitative estimate of drug-likeness (QED) is 0.720. The van der Waals surface area contributed by atoms with Gasteiger partial charge in [-0.25, -0.2) is 0 Å². The fourth-order valence-electron chi connectivity index (χ4n) is 3.04. The van der Waals surface area contributed by atoms with Gasteiger partial charge in [0, 0.05) is 25.9 Å². The first-order valence-electron chi connectivity index (χ1n) is 9.34. The van der Waals surface area contributed by atoms with Crippen molar-refractivity contribution in [2.75, 3.05) is 26.3 Å². The fraction of sp³-hybridized carbons (Fsp3) is 0.650. The molecule has 0 bridgehead atoms. The highest BCUT2D eigenvalue weighted by Crippen LogP contribution is 2.30. The lowest BCUT2D eigenvalue weighted by Crippen LogP contribution is -2.35. The highest BCUT2D eigenvalue weighted by Gasteiger charge is 2.16. The Kier molecular flexibility index (Phi) is 7.41. The molecule has 0 fully saturated rings. The van der Waals surface area contributed by atoms with Crippen LogP contribution in [0, 0.1) is 5.92 Å². The molecule has 1 aromatic rings. The van der Waals surface area contributed by atoms with Crippen molar-refractivity contribution < 1.29 is 14.3 Å². The van der Waals surface area contributed by atoms with E-state index in [9.17, 15) is 4.79 Å². The van der Waals surface area contributed by atoms with Crippen LogP contribution in [-0.2, 0) is 11.2 Å². The minimum atomic E-state index is 0.247. The van der Waals surface area contributed by atoms with Crippen LogP contribution in [0.1, 0.15) is 52.0 Å². The van der Waals surface area contributed by atoms with Crippen LogP contribution in [0.15, 0.2) is 18.2 Å². The molecule has 1 amide bonds. The van der Waals surface area contributed by atoms with Crippen molar-refractivity contribution >= 4 is 5.91 Å². The first-order chi connectivity index (χ1) is 11.7. The summed E-state index contributed by atoms with van der Waals surface area (Å²) in [5, 5.41) is 0. The SMILES string of the molecule is CCC(CC)CN(CC)C(=O)CCc1ccc2c(c1)OCCCO2. The summed E-state index contributed by atoms with van der Waals surface area (Å²) in [6.45, 7) is 9.52. The van der Waals surface area contributed by atoms with Gasteiger partial charge in [-0.1, -0.05) is 32.8 Å². The molecule has 1 heterocycles. The molecule has 1 aliphatic rings. The van der Waals surface area contributed by atoms with Gasteiger partial charge in [0.25, 0.3) is 0 Å². The Balaban J connectivity index is 1.91. The highest BCUT2D eigenvalue weighted by molar-refractivity contribution is 5.76. The third-order valence-corrected chi connectivity index (χ3v) is 4.81. The fourth-order valence-corrected chi connectivity index (χ4v) is 3.04. The molecule has 0 radical (unpaired) electrons. The molecule has 0 spiro atoms. The molecule has 4 heteroatoms. The van der Waals surface area contributed by atoms with E-state index >= 15 is 0 Å². The second kappa shape index (κ2) is 9.55. The van der Waals surface area contributed by atoms with E-state index in [2.05, 4.69) is 20.8 Å². The molecule has 0 aromatic heterocycles. The van der Waals surface area contributed by atoms with Crippen molar-refractivity contribution in [3.8, 4) is 11.5 Å². The number of ether oxygens (including phenoxy) is 2. The predicted octanol–water partition coefficient (Wildman–Crippen LogP) is 4.07. The van der Waals surface area contributed by atoms with Gasteiger partial charge in [-0.2, -0.15) is 0 Å². The largest absolute Gasteiger partial charge is 0.490 e. The summed E-state index contributed by atoms with van der Waals surface area (Å²) in [6, 6.07) is 6.02. The minimum absolute atomic E-state index is 0.247. The van der Waals surface area contributed by atoms with Gasteiger partial charge >= 0.3 is 0 Å². The van der Waals surface area contributed by atoms with Crippen molar-refractivity contribution in [2.24, 2.45) is 5.92 Å². The van der Waals surface area contributed by atoms with Crippen molar-refractivity contribution in [3.63, 3.8) is 0 Å². The van der Waals surface area contributed by atoms with E-state index in [1.165, 1.54) is 0 Å². The second-order valence-electron chi connectivity index (χ2n) is 6.45. The molecule has 0 atom stereocenters. The molecule has 0 saturated heterocycles. The maximum Gasteiger partial charge on any atom is 0.222 e. The number of benzene rings is 1. The second-order valence-corrected chi connectivity index (χ2v) is 6.45. The van der Waals surface area contributed by atoms with Gasteiger partial charge in [0.05, 0.1) is 13.2 Å². The molecule has 4 nitrogen and oxygen atoms in total. The Morgan fingerprint density at radius 3 is 2.50 bits per heavy atom. The molecule has 0 saturated carbocycles. The number of fused-ring (bicyclic) bond motifs is 1. The number of amides is 1. The van der Waals surface area contributed by atoms with Crippen LogP contribution in [0.25, 0.3) is 0 Å². The zero-order chi connectivity index (χ0) is 17.4. The number of carbonyl (C=O) groups is 1. The van der Waals surface area contributed by atoms with Crippen molar-refractivity contribution in [3.05, 3.63) is 23.8 Å². The van der Waals surface area contributed by atoms with Crippen LogP contribution in [0.5, 0.6) is 11.5 Å². The summed E-state index contributed by atoms with van der Waals surface area (Å²) >= 11 is 0. The molecule has 134 valence electrons. The molecule has 2 rings (SSSR count). The number of hydrogen-bond acceptors (Lipinski definition) is 3. The maximum absolute atomic E-state index is 12.5. The third-order valence-electron chi connectivity index (χ3n) is 4.81. The Bertz CT molecular complexity index is 526. The summed E-state index contributed by atoms with van der Waals surface area (Å²) < 4.78 is 11.4. The summed E-state index contributed by atoms with van der Waals surface area (Å²) in [5.74, 6) is 2.47. The zero-order valence-electron chi connectivity index (χ0n) is 15.3. The molecule has 24 heavy (non-hydrogen) atoms. The Labute approximate surface area is 146 Å². The maximum atomic E-state index is 12.5. The van der Waals surface area contributed by atoms with Gasteiger partial charge in [-0.05, 0) is 37.0 Å². The van der Waals surface area contributed by atoms with E-state index in [-0.39, 0.29) is 5.91 Å². The summed E-state index contributed by atoms with van der Waals surface area (Å²) in [7, 11) is 0. The van der Waals surface area contributed by atoms with E-state index < -0.39 is 0 Å². The standard InChI is InChI=1S/C20H31NO3/c1-4-16(5-2)15-21(6-3)20(22)11-9-17-8-10-18-19(14-17)24-13-7-12-23-18/h8,10,14,16H,4-7,9,11-13,15H2,1-3H3. The number of hydrogen-bond donors (Lipinski definition) is 0. The molecular formula is C20H31NO3. The normalized spacial score (nSPS) is 13.7. The van der Waals surface area contributed by atoms with Gasteiger partial charge in [0.2, 0.25) is 5.91 Å². The van der Waals surface area contributed by atoms with E-state index in [1.54, 1.807) is 0 Å².